The first kappa shape index (κ1) is 36.5. The van der Waals surface area contributed by atoms with E-state index in [2.05, 4.69) is 61.8 Å². The molecule has 4 aliphatic rings. The van der Waals surface area contributed by atoms with Gasteiger partial charge < -0.3 is 23.5 Å². The molecule has 14 heteroatoms. The first-order chi connectivity index (χ1) is 27.8. The number of carbonyl (C=O) groups is 4. The van der Waals surface area contributed by atoms with Gasteiger partial charge in [0.1, 0.15) is 37.2 Å². The number of rotatable bonds is 12. The highest BCUT2D eigenvalue weighted by Crippen LogP contribution is 2.34. The summed E-state index contributed by atoms with van der Waals surface area (Å²) in [5.41, 5.74) is 4.86. The number of pyridine rings is 2. The van der Waals surface area contributed by atoms with Crippen molar-refractivity contribution in [2.75, 3.05) is 39.5 Å². The van der Waals surface area contributed by atoms with Gasteiger partial charge >= 0.3 is 0 Å². The summed E-state index contributed by atoms with van der Waals surface area (Å²) in [6.07, 6.45) is 7.48. The van der Waals surface area contributed by atoms with Gasteiger partial charge in [0, 0.05) is 92.5 Å². The third-order valence-corrected chi connectivity index (χ3v) is 11.1. The standard InChI is InChI=1S/C43H40N6O8/c1-47-36-12-13-44-23-35(36)32-7-4-26(18-38(32)47)27-5-11-40(45-22-27)57-30-19-29(20-30)55-16-3-2-15-54-17-14-48-24-31(25-48)56-28-6-8-33-34(21-28)43(53)49(42(33)52)37-9-10-39(50)46-41(37)51/h4-8,11-13,18,21-23,29-31,37H,9-10,14-17,19-20,24-25H2,1H3,(H,46,50,51). The molecule has 6 heterocycles. The van der Waals surface area contributed by atoms with E-state index >= 15 is 0 Å². The van der Waals surface area contributed by atoms with Gasteiger partial charge in [-0.05, 0) is 48.4 Å². The summed E-state index contributed by atoms with van der Waals surface area (Å²) in [5.74, 6) is 4.98. The molecule has 2 saturated heterocycles. The zero-order valence-electron chi connectivity index (χ0n) is 31.3. The Morgan fingerprint density at radius 3 is 2.46 bits per heavy atom. The highest BCUT2D eigenvalue weighted by atomic mass is 16.5. The maximum atomic E-state index is 13.1. The Kier molecular flexibility index (Phi) is 9.87. The number of aromatic nitrogens is 3. The molecule has 3 fully saturated rings. The van der Waals surface area contributed by atoms with Crippen LogP contribution in [-0.4, -0.2) is 112 Å². The van der Waals surface area contributed by atoms with E-state index < -0.39 is 29.7 Å². The smallest absolute Gasteiger partial charge is 0.262 e. The van der Waals surface area contributed by atoms with Gasteiger partial charge in [-0.15, -0.1) is 0 Å². The molecule has 1 atom stereocenters. The van der Waals surface area contributed by atoms with Gasteiger partial charge in [-0.1, -0.05) is 24.0 Å². The fourth-order valence-corrected chi connectivity index (χ4v) is 7.85. The van der Waals surface area contributed by atoms with Crippen molar-refractivity contribution in [2.45, 2.75) is 50.0 Å². The van der Waals surface area contributed by atoms with Gasteiger partial charge in [0.15, 0.2) is 0 Å². The first-order valence-corrected chi connectivity index (χ1v) is 19.1. The van der Waals surface area contributed by atoms with Crippen molar-refractivity contribution >= 4 is 45.4 Å². The third kappa shape index (κ3) is 7.33. The van der Waals surface area contributed by atoms with Gasteiger partial charge in [-0.3, -0.25) is 39.3 Å². The summed E-state index contributed by atoms with van der Waals surface area (Å²) in [7, 11) is 2.08. The maximum Gasteiger partial charge on any atom is 0.262 e. The van der Waals surface area contributed by atoms with Crippen LogP contribution in [-0.2, 0) is 26.1 Å². The Morgan fingerprint density at radius 2 is 1.63 bits per heavy atom. The van der Waals surface area contributed by atoms with E-state index in [4.69, 9.17) is 18.9 Å². The number of carbonyl (C=O) groups excluding carboxylic acids is 4. The molecule has 4 amide bonds. The van der Waals surface area contributed by atoms with Gasteiger partial charge in [0.25, 0.3) is 11.8 Å². The number of imide groups is 2. The molecule has 0 bridgehead atoms. The minimum absolute atomic E-state index is 0.0621. The number of aryl methyl sites for hydroxylation is 1. The molecular formula is C43H40N6O8. The maximum absolute atomic E-state index is 13.1. The lowest BCUT2D eigenvalue weighted by molar-refractivity contribution is -0.136. The summed E-state index contributed by atoms with van der Waals surface area (Å²) < 4.78 is 25.9. The zero-order chi connectivity index (χ0) is 39.0. The van der Waals surface area contributed by atoms with E-state index in [-0.39, 0.29) is 42.3 Å². The fourth-order valence-electron chi connectivity index (χ4n) is 7.85. The predicted molar refractivity (Wildman–Crippen MR) is 207 cm³/mol. The highest BCUT2D eigenvalue weighted by Gasteiger charge is 2.45. The van der Waals surface area contributed by atoms with Crippen LogP contribution in [0.25, 0.3) is 32.9 Å². The molecule has 57 heavy (non-hydrogen) atoms. The second kappa shape index (κ2) is 15.4. The van der Waals surface area contributed by atoms with Gasteiger partial charge in [0.05, 0.1) is 29.4 Å². The molecule has 1 N–H and O–H groups in total. The van der Waals surface area contributed by atoms with E-state index in [9.17, 15) is 19.2 Å². The number of benzene rings is 2. The van der Waals surface area contributed by atoms with Crippen LogP contribution in [0.1, 0.15) is 46.4 Å². The van der Waals surface area contributed by atoms with Crippen LogP contribution in [0.4, 0.5) is 0 Å². The molecule has 3 aromatic heterocycles. The first-order valence-electron chi connectivity index (χ1n) is 19.1. The number of nitrogens with zero attached hydrogens (tertiary/aromatic N) is 5. The number of amides is 4. The van der Waals surface area contributed by atoms with Crippen molar-refractivity contribution in [3.8, 4) is 34.6 Å². The molecule has 2 aromatic carbocycles. The van der Waals surface area contributed by atoms with Crippen LogP contribution in [0, 0.1) is 11.8 Å². The Balaban J connectivity index is 0.636. The number of nitrogens with one attached hydrogen (secondary N) is 1. The third-order valence-electron chi connectivity index (χ3n) is 11.1. The summed E-state index contributed by atoms with van der Waals surface area (Å²) >= 11 is 0. The lowest BCUT2D eigenvalue weighted by Gasteiger charge is -2.38. The van der Waals surface area contributed by atoms with Crippen molar-refractivity contribution in [1.82, 2.24) is 29.7 Å². The summed E-state index contributed by atoms with van der Waals surface area (Å²) in [6, 6.07) is 16.2. The highest BCUT2D eigenvalue weighted by molar-refractivity contribution is 6.23. The van der Waals surface area contributed by atoms with E-state index in [1.807, 2.05) is 36.8 Å². The lowest BCUT2D eigenvalue weighted by atomic mass is 9.92. The minimum atomic E-state index is -0.999. The van der Waals surface area contributed by atoms with Crippen LogP contribution in [0.2, 0.25) is 0 Å². The SMILES string of the molecule is Cn1c2ccncc2c2ccc(-c3ccc(OC4CC(OCC#CCOCCN5CC(Oc6ccc7c(c6)C(=O)N(C6CCC(=O)NC6=O)C7=O)C5)C4)nc3)cc21. The van der Waals surface area contributed by atoms with Crippen molar-refractivity contribution in [3.05, 3.63) is 84.3 Å². The van der Waals surface area contributed by atoms with Crippen LogP contribution in [0.5, 0.6) is 11.6 Å². The topological polar surface area (TPSA) is 154 Å². The second-order valence-electron chi connectivity index (χ2n) is 14.8. The van der Waals surface area contributed by atoms with E-state index in [1.54, 1.807) is 18.2 Å². The van der Waals surface area contributed by atoms with Crippen LogP contribution in [0.3, 0.4) is 0 Å². The number of hydrogen-bond acceptors (Lipinski definition) is 11. The monoisotopic (exact) mass is 768 g/mol. The molecule has 14 nitrogen and oxygen atoms in total. The molecule has 0 radical (unpaired) electrons. The largest absolute Gasteiger partial charge is 0.488 e. The number of piperidine rings is 1. The molecular weight excluding hydrogens is 729 g/mol. The van der Waals surface area contributed by atoms with E-state index in [0.29, 0.717) is 44.5 Å². The molecule has 1 unspecified atom stereocenters. The normalized spacial score (nSPS) is 20.9. The van der Waals surface area contributed by atoms with Crippen molar-refractivity contribution in [2.24, 2.45) is 7.05 Å². The Morgan fingerprint density at radius 1 is 0.807 bits per heavy atom. The van der Waals surface area contributed by atoms with Crippen molar-refractivity contribution in [1.29, 1.82) is 0 Å². The molecule has 0 spiro atoms. The van der Waals surface area contributed by atoms with Crippen LogP contribution < -0.4 is 14.8 Å². The van der Waals surface area contributed by atoms with Crippen molar-refractivity contribution in [3.63, 3.8) is 0 Å². The molecule has 9 rings (SSSR count). The molecule has 1 aliphatic carbocycles. The Bertz CT molecular complexity index is 2460. The van der Waals surface area contributed by atoms with E-state index in [1.165, 1.54) is 5.39 Å². The molecule has 1 saturated carbocycles. The average molecular weight is 769 g/mol. The fraction of sp³-hybridized carbons (Fsp3) is 0.349. The van der Waals surface area contributed by atoms with E-state index in [0.717, 1.165) is 51.8 Å². The van der Waals surface area contributed by atoms with Gasteiger partial charge in [-0.2, -0.15) is 0 Å². The predicted octanol–water partition coefficient (Wildman–Crippen LogP) is 3.90. The lowest BCUT2D eigenvalue weighted by Crippen LogP contribution is -2.54. The second-order valence-corrected chi connectivity index (χ2v) is 14.8. The summed E-state index contributed by atoms with van der Waals surface area (Å²) in [6.45, 7) is 3.32. The summed E-state index contributed by atoms with van der Waals surface area (Å²) in [4.78, 5) is 61.8. The molecule has 290 valence electrons. The van der Waals surface area contributed by atoms with Gasteiger partial charge in [0.2, 0.25) is 17.7 Å². The zero-order valence-corrected chi connectivity index (χ0v) is 31.3. The average Bonchev–Trinajstić information content (AvgIpc) is 3.61. The van der Waals surface area contributed by atoms with Crippen LogP contribution >= 0.6 is 0 Å². The number of fused-ring (bicyclic) bond motifs is 4. The summed E-state index contributed by atoms with van der Waals surface area (Å²) in [5, 5.41) is 4.53. The number of hydrogen-bond donors (Lipinski definition) is 1. The minimum Gasteiger partial charge on any atom is -0.488 e. The van der Waals surface area contributed by atoms with Crippen molar-refractivity contribution < 1.29 is 38.1 Å². The molecule has 3 aliphatic heterocycles. The van der Waals surface area contributed by atoms with Gasteiger partial charge in [-0.25, -0.2) is 4.98 Å². The quantitative estimate of drug-likeness (QED) is 0.112. The Labute approximate surface area is 328 Å². The Hall–Kier alpha value is -6.14. The van der Waals surface area contributed by atoms with Crippen LogP contribution in [0.15, 0.2) is 73.2 Å². The molecule has 5 aromatic rings. The number of likely N-dealkylation sites (tertiary alicyclic amines) is 1. The number of ether oxygens (including phenoxy) is 4.